The Bertz CT molecular complexity index is 1360. The number of sulfonamides is 1. The van der Waals surface area contributed by atoms with E-state index in [0.717, 1.165) is 66.1 Å². The van der Waals surface area contributed by atoms with Crippen molar-refractivity contribution in [3.63, 3.8) is 0 Å². The van der Waals surface area contributed by atoms with Gasteiger partial charge in [-0.05, 0) is 86.2 Å². The number of rotatable bonds is 9. The van der Waals surface area contributed by atoms with Crippen molar-refractivity contribution in [1.82, 2.24) is 14.6 Å². The minimum absolute atomic E-state index is 0.148. The van der Waals surface area contributed by atoms with Crippen LogP contribution in [0.25, 0.3) is 22.0 Å². The van der Waals surface area contributed by atoms with Crippen LogP contribution in [0.1, 0.15) is 66.8 Å². The van der Waals surface area contributed by atoms with Gasteiger partial charge in [0, 0.05) is 30.7 Å². The van der Waals surface area contributed by atoms with Crippen molar-refractivity contribution in [2.75, 3.05) is 25.4 Å². The number of piperidine rings is 1. The number of H-pyrrole nitrogens is 1. The van der Waals surface area contributed by atoms with Crippen LogP contribution in [0.3, 0.4) is 0 Å². The molecule has 1 saturated carbocycles. The number of aromatic amines is 1. The number of benzene rings is 2. The van der Waals surface area contributed by atoms with E-state index in [0.29, 0.717) is 37.7 Å². The van der Waals surface area contributed by atoms with Gasteiger partial charge in [0.05, 0.1) is 22.9 Å². The van der Waals surface area contributed by atoms with Gasteiger partial charge in [0.25, 0.3) is 5.91 Å². The zero-order valence-corrected chi connectivity index (χ0v) is 22.6. The molecule has 0 atom stereocenters. The number of nitrogens with zero attached hydrogens (tertiary/aromatic N) is 1. The quantitative estimate of drug-likeness (QED) is 0.309. The number of hydrogen-bond donors (Lipinski definition) is 4. The molecule has 0 unspecified atom stereocenters. The van der Waals surface area contributed by atoms with Gasteiger partial charge in [0.2, 0.25) is 10.0 Å². The van der Waals surface area contributed by atoms with Gasteiger partial charge < -0.3 is 21.1 Å². The summed E-state index contributed by atoms with van der Waals surface area (Å²) < 4.78 is 27.7. The van der Waals surface area contributed by atoms with Crippen molar-refractivity contribution in [2.24, 2.45) is 5.73 Å². The summed E-state index contributed by atoms with van der Waals surface area (Å²) in [4.78, 5) is 15.5. The highest BCUT2D eigenvalue weighted by Crippen LogP contribution is 2.37. The Hall–Kier alpha value is -2.72. The standard InChI is InChI=1S/C29H38N4O4S/c30-29(35)26-18-22(20-5-2-1-3-6-20)17-25-27(19-32-28(25)26)21-11-14-33(15-12-21)38(36,37)16-4-13-31-23-7-9-24(34)10-8-23/h1-3,5-6,17-19,21,23-24,31-32,34H,4,7-16H2,(H2,30,35)/t23-,24-. The highest BCUT2D eigenvalue weighted by Gasteiger charge is 2.30. The van der Waals surface area contributed by atoms with E-state index in [1.54, 1.807) is 4.31 Å². The summed E-state index contributed by atoms with van der Waals surface area (Å²) in [5.74, 6) is -0.127. The molecule has 0 bridgehead atoms. The number of aliphatic hydroxyl groups is 1. The molecule has 2 aliphatic rings. The van der Waals surface area contributed by atoms with Crippen molar-refractivity contribution >= 4 is 26.8 Å². The maximum Gasteiger partial charge on any atom is 0.250 e. The van der Waals surface area contributed by atoms with Crippen molar-refractivity contribution in [2.45, 2.75) is 63.0 Å². The second-order valence-electron chi connectivity index (χ2n) is 10.7. The fraction of sp³-hybridized carbons (Fsp3) is 0.483. The highest BCUT2D eigenvalue weighted by atomic mass is 32.2. The van der Waals surface area contributed by atoms with Crippen molar-refractivity contribution in [3.05, 3.63) is 59.8 Å². The molecule has 0 radical (unpaired) electrons. The van der Waals surface area contributed by atoms with Crippen LogP contribution in [-0.2, 0) is 10.0 Å². The Kier molecular flexibility index (Phi) is 8.18. The lowest BCUT2D eigenvalue weighted by Crippen LogP contribution is -2.40. The van der Waals surface area contributed by atoms with Crippen LogP contribution in [0, 0.1) is 0 Å². The fourth-order valence-corrected chi connectivity index (χ4v) is 7.53. The molecule has 1 aliphatic heterocycles. The molecule has 2 fully saturated rings. The van der Waals surface area contributed by atoms with Gasteiger partial charge in [-0.2, -0.15) is 0 Å². The van der Waals surface area contributed by atoms with Crippen LogP contribution in [0.4, 0.5) is 0 Å². The van der Waals surface area contributed by atoms with E-state index in [1.807, 2.05) is 42.6 Å². The summed E-state index contributed by atoms with van der Waals surface area (Å²) in [6.45, 7) is 1.67. The number of nitrogens with two attached hydrogens (primary N) is 1. The molecule has 1 aromatic heterocycles. The predicted molar refractivity (Wildman–Crippen MR) is 150 cm³/mol. The van der Waals surface area contributed by atoms with E-state index in [-0.39, 0.29) is 17.8 Å². The van der Waals surface area contributed by atoms with Crippen LogP contribution in [0.15, 0.2) is 48.7 Å². The monoisotopic (exact) mass is 538 g/mol. The van der Waals surface area contributed by atoms with Gasteiger partial charge in [-0.3, -0.25) is 4.79 Å². The third-order valence-electron chi connectivity index (χ3n) is 8.19. The number of carbonyl (C=O) groups is 1. The normalized spacial score (nSPS) is 21.6. The lowest BCUT2D eigenvalue weighted by molar-refractivity contribution is 0.100. The Balaban J connectivity index is 1.22. The molecule has 5 rings (SSSR count). The minimum Gasteiger partial charge on any atom is -0.393 e. The lowest BCUT2D eigenvalue weighted by Gasteiger charge is -2.31. The van der Waals surface area contributed by atoms with E-state index in [2.05, 4.69) is 16.4 Å². The molecular weight excluding hydrogens is 500 g/mol. The predicted octanol–water partition coefficient (Wildman–Crippen LogP) is 3.73. The lowest BCUT2D eigenvalue weighted by atomic mass is 9.88. The van der Waals surface area contributed by atoms with E-state index in [9.17, 15) is 18.3 Å². The smallest absolute Gasteiger partial charge is 0.250 e. The summed E-state index contributed by atoms with van der Waals surface area (Å²) >= 11 is 0. The summed E-state index contributed by atoms with van der Waals surface area (Å²) in [7, 11) is -3.31. The molecule has 3 aromatic rings. The SMILES string of the molecule is NC(=O)c1cc(-c2ccccc2)cc2c(C3CCN(S(=O)(=O)CCCN[C@H]4CC[C@H](O)CC4)CC3)c[nH]c12. The van der Waals surface area contributed by atoms with Crippen LogP contribution in [0.5, 0.6) is 0 Å². The Morgan fingerprint density at radius 3 is 2.42 bits per heavy atom. The summed E-state index contributed by atoms with van der Waals surface area (Å²) in [5.41, 5.74) is 9.99. The highest BCUT2D eigenvalue weighted by molar-refractivity contribution is 7.89. The van der Waals surface area contributed by atoms with Crippen LogP contribution < -0.4 is 11.1 Å². The Morgan fingerprint density at radius 1 is 1.03 bits per heavy atom. The van der Waals surface area contributed by atoms with Gasteiger partial charge >= 0.3 is 0 Å². The maximum atomic E-state index is 13.0. The molecule has 38 heavy (non-hydrogen) atoms. The van der Waals surface area contributed by atoms with Gasteiger partial charge in [-0.1, -0.05) is 30.3 Å². The maximum absolute atomic E-state index is 13.0. The minimum atomic E-state index is -3.31. The van der Waals surface area contributed by atoms with Crippen LogP contribution in [0.2, 0.25) is 0 Å². The molecule has 1 aliphatic carbocycles. The molecule has 1 amide bonds. The zero-order valence-electron chi connectivity index (χ0n) is 21.7. The van der Waals surface area contributed by atoms with Crippen molar-refractivity contribution in [1.29, 1.82) is 0 Å². The van der Waals surface area contributed by atoms with E-state index >= 15 is 0 Å². The first kappa shape index (κ1) is 26.9. The second-order valence-corrected chi connectivity index (χ2v) is 12.8. The van der Waals surface area contributed by atoms with Gasteiger partial charge in [-0.25, -0.2) is 12.7 Å². The Morgan fingerprint density at radius 2 is 1.74 bits per heavy atom. The number of fused-ring (bicyclic) bond motifs is 1. The topological polar surface area (TPSA) is 129 Å². The van der Waals surface area contributed by atoms with Gasteiger partial charge in [0.15, 0.2) is 0 Å². The molecule has 8 nitrogen and oxygen atoms in total. The molecule has 9 heteroatoms. The molecule has 2 heterocycles. The van der Waals surface area contributed by atoms with Crippen LogP contribution in [-0.4, -0.2) is 66.3 Å². The third-order valence-corrected chi connectivity index (χ3v) is 10.1. The van der Waals surface area contributed by atoms with Crippen LogP contribution >= 0.6 is 0 Å². The number of amides is 1. The first-order chi connectivity index (χ1) is 18.3. The summed E-state index contributed by atoms with van der Waals surface area (Å²) in [6, 6.07) is 14.2. The van der Waals surface area contributed by atoms with Crippen molar-refractivity contribution < 1.29 is 18.3 Å². The average Bonchev–Trinajstić information content (AvgIpc) is 3.36. The van der Waals surface area contributed by atoms with Crippen molar-refractivity contribution in [3.8, 4) is 11.1 Å². The largest absolute Gasteiger partial charge is 0.393 e. The van der Waals surface area contributed by atoms with E-state index in [1.165, 1.54) is 0 Å². The molecule has 0 spiro atoms. The fourth-order valence-electron chi connectivity index (χ4n) is 6.00. The summed E-state index contributed by atoms with van der Waals surface area (Å²) in [5, 5.41) is 14.1. The average molecular weight is 539 g/mol. The van der Waals surface area contributed by atoms with Gasteiger partial charge in [-0.15, -0.1) is 0 Å². The third kappa shape index (κ3) is 5.96. The molecule has 204 valence electrons. The molecular formula is C29H38N4O4S. The number of nitrogens with one attached hydrogen (secondary N) is 2. The number of primary amides is 1. The molecule has 5 N–H and O–H groups in total. The number of aliphatic hydroxyl groups excluding tert-OH is 1. The Labute approximate surface area is 224 Å². The molecule has 1 saturated heterocycles. The number of hydrogen-bond acceptors (Lipinski definition) is 5. The van der Waals surface area contributed by atoms with E-state index < -0.39 is 15.9 Å². The first-order valence-corrected chi connectivity index (χ1v) is 15.3. The van der Waals surface area contributed by atoms with E-state index in [4.69, 9.17) is 5.73 Å². The second kappa shape index (κ2) is 11.6. The number of aromatic nitrogens is 1. The first-order valence-electron chi connectivity index (χ1n) is 13.7. The summed E-state index contributed by atoms with van der Waals surface area (Å²) in [6.07, 6.45) is 7.35. The molecule has 2 aromatic carbocycles. The van der Waals surface area contributed by atoms with Gasteiger partial charge in [0.1, 0.15) is 0 Å². The number of carbonyl (C=O) groups excluding carboxylic acids is 1. The zero-order chi connectivity index (χ0) is 26.7.